The summed E-state index contributed by atoms with van der Waals surface area (Å²) in [5.41, 5.74) is 0.332. The molecule has 0 aliphatic heterocycles. The summed E-state index contributed by atoms with van der Waals surface area (Å²) in [6, 6.07) is 9.94. The van der Waals surface area contributed by atoms with Crippen LogP contribution in [0, 0.1) is 5.41 Å². The Kier molecular flexibility index (Phi) is 5.37. The molecule has 0 aromatic heterocycles. The zero-order valence-electron chi connectivity index (χ0n) is 12.3. The lowest BCUT2D eigenvalue weighted by atomic mass is 9.71. The fraction of sp³-hybridized carbons (Fsp3) is 0.529. The Labute approximate surface area is 125 Å². The van der Waals surface area contributed by atoms with Crippen molar-refractivity contribution < 1.29 is 14.7 Å². The van der Waals surface area contributed by atoms with E-state index >= 15 is 0 Å². The molecule has 0 spiro atoms. The van der Waals surface area contributed by atoms with Crippen molar-refractivity contribution in [2.75, 3.05) is 6.54 Å². The highest BCUT2D eigenvalue weighted by Gasteiger charge is 2.41. The molecule has 0 unspecified atom stereocenters. The summed E-state index contributed by atoms with van der Waals surface area (Å²) in [6.07, 6.45) is 5.00. The Bertz CT molecular complexity index is 478. The maximum atomic E-state index is 12.0. The highest BCUT2D eigenvalue weighted by atomic mass is 16.4. The van der Waals surface area contributed by atoms with E-state index in [0.717, 1.165) is 25.7 Å². The summed E-state index contributed by atoms with van der Waals surface area (Å²) in [5, 5.41) is 12.3. The van der Waals surface area contributed by atoms with Crippen molar-refractivity contribution in [3.05, 3.63) is 35.9 Å². The van der Waals surface area contributed by atoms with Crippen molar-refractivity contribution in [1.29, 1.82) is 0 Å². The van der Waals surface area contributed by atoms with Crippen LogP contribution in [0.3, 0.4) is 0 Å². The van der Waals surface area contributed by atoms with Gasteiger partial charge in [0.1, 0.15) is 0 Å². The van der Waals surface area contributed by atoms with Gasteiger partial charge in [-0.15, -0.1) is 0 Å². The van der Waals surface area contributed by atoms with E-state index in [4.69, 9.17) is 0 Å². The number of carboxylic acids is 1. The average molecular weight is 289 g/mol. The average Bonchev–Trinajstić information content (AvgIpc) is 2.49. The number of hydrogen-bond donors (Lipinski definition) is 2. The van der Waals surface area contributed by atoms with Crippen LogP contribution >= 0.6 is 0 Å². The second kappa shape index (κ2) is 7.25. The number of benzene rings is 1. The van der Waals surface area contributed by atoms with Crippen molar-refractivity contribution in [2.45, 2.75) is 44.9 Å². The molecular formula is C17H23NO3. The second-order valence-corrected chi connectivity index (χ2v) is 5.91. The molecule has 1 saturated carbocycles. The van der Waals surface area contributed by atoms with Gasteiger partial charge in [-0.2, -0.15) is 0 Å². The summed E-state index contributed by atoms with van der Waals surface area (Å²) >= 11 is 0. The number of hydrogen-bond acceptors (Lipinski definition) is 2. The first kappa shape index (κ1) is 15.5. The van der Waals surface area contributed by atoms with Crippen LogP contribution in [0.1, 0.15) is 44.1 Å². The molecule has 0 heterocycles. The minimum atomic E-state index is -0.838. The van der Waals surface area contributed by atoms with Crippen molar-refractivity contribution in [2.24, 2.45) is 5.41 Å². The van der Waals surface area contributed by atoms with Crippen LogP contribution in [0.4, 0.5) is 0 Å². The van der Waals surface area contributed by atoms with Gasteiger partial charge in [-0.05, 0) is 24.8 Å². The quantitative estimate of drug-likeness (QED) is 0.846. The molecule has 4 nitrogen and oxygen atoms in total. The SMILES string of the molecule is O=C(CC1(C(=O)O)CCCCC1)NCCc1ccccc1. The highest BCUT2D eigenvalue weighted by Crippen LogP contribution is 2.39. The third-order valence-corrected chi connectivity index (χ3v) is 4.34. The van der Waals surface area contributed by atoms with Crippen molar-refractivity contribution in [1.82, 2.24) is 5.32 Å². The lowest BCUT2D eigenvalue weighted by Crippen LogP contribution is -2.39. The number of nitrogens with one attached hydrogen (secondary N) is 1. The Hall–Kier alpha value is -1.84. The fourth-order valence-corrected chi connectivity index (χ4v) is 3.06. The summed E-state index contributed by atoms with van der Waals surface area (Å²) < 4.78 is 0. The lowest BCUT2D eigenvalue weighted by molar-refractivity contribution is -0.154. The van der Waals surface area contributed by atoms with E-state index in [1.54, 1.807) is 0 Å². The first-order valence-electron chi connectivity index (χ1n) is 7.66. The van der Waals surface area contributed by atoms with Crippen LogP contribution in [-0.2, 0) is 16.0 Å². The predicted octanol–water partition coefficient (Wildman–Crippen LogP) is 2.77. The Morgan fingerprint density at radius 1 is 1.10 bits per heavy atom. The standard InChI is InChI=1S/C17H23NO3/c19-15(18-12-9-14-7-3-1-4-8-14)13-17(16(20)21)10-5-2-6-11-17/h1,3-4,7-8H,2,5-6,9-13H2,(H,18,19)(H,20,21). The van der Waals surface area contributed by atoms with Gasteiger partial charge in [0, 0.05) is 13.0 Å². The summed E-state index contributed by atoms with van der Waals surface area (Å²) in [5.74, 6) is -0.962. The monoisotopic (exact) mass is 289 g/mol. The van der Waals surface area contributed by atoms with E-state index in [-0.39, 0.29) is 12.3 Å². The summed E-state index contributed by atoms with van der Waals surface area (Å²) in [7, 11) is 0. The molecule has 1 aromatic rings. The van der Waals surface area contributed by atoms with Gasteiger partial charge in [0.25, 0.3) is 0 Å². The zero-order valence-corrected chi connectivity index (χ0v) is 12.3. The number of aliphatic carboxylic acids is 1. The minimum Gasteiger partial charge on any atom is -0.481 e. The largest absolute Gasteiger partial charge is 0.481 e. The molecule has 0 bridgehead atoms. The highest BCUT2D eigenvalue weighted by molar-refractivity contribution is 5.85. The Morgan fingerprint density at radius 2 is 1.76 bits per heavy atom. The molecule has 2 rings (SSSR count). The van der Waals surface area contributed by atoms with Crippen LogP contribution < -0.4 is 5.32 Å². The van der Waals surface area contributed by atoms with Crippen LogP contribution in [0.2, 0.25) is 0 Å². The molecule has 1 amide bonds. The molecule has 0 atom stereocenters. The van der Waals surface area contributed by atoms with Crippen LogP contribution in [-0.4, -0.2) is 23.5 Å². The van der Waals surface area contributed by atoms with Gasteiger partial charge in [-0.3, -0.25) is 9.59 Å². The minimum absolute atomic E-state index is 0.108. The van der Waals surface area contributed by atoms with E-state index in [2.05, 4.69) is 5.32 Å². The van der Waals surface area contributed by atoms with Crippen LogP contribution in [0.5, 0.6) is 0 Å². The molecule has 0 saturated heterocycles. The first-order chi connectivity index (χ1) is 10.1. The molecule has 1 fully saturated rings. The van der Waals surface area contributed by atoms with Crippen LogP contribution in [0.25, 0.3) is 0 Å². The topological polar surface area (TPSA) is 66.4 Å². The summed E-state index contributed by atoms with van der Waals surface area (Å²) in [4.78, 5) is 23.6. The predicted molar refractivity (Wildman–Crippen MR) is 80.9 cm³/mol. The summed E-state index contributed by atoms with van der Waals surface area (Å²) in [6.45, 7) is 0.554. The first-order valence-corrected chi connectivity index (χ1v) is 7.66. The van der Waals surface area contributed by atoms with E-state index in [1.165, 1.54) is 5.56 Å². The normalized spacial score (nSPS) is 17.1. The molecule has 1 aliphatic carbocycles. The smallest absolute Gasteiger partial charge is 0.310 e. The number of carbonyl (C=O) groups is 2. The van der Waals surface area contributed by atoms with Gasteiger partial charge < -0.3 is 10.4 Å². The fourth-order valence-electron chi connectivity index (χ4n) is 3.06. The van der Waals surface area contributed by atoms with E-state index < -0.39 is 11.4 Å². The Balaban J connectivity index is 1.81. The van der Waals surface area contributed by atoms with E-state index in [9.17, 15) is 14.7 Å². The van der Waals surface area contributed by atoms with Gasteiger partial charge in [0.2, 0.25) is 5.91 Å². The van der Waals surface area contributed by atoms with Crippen molar-refractivity contribution in [3.8, 4) is 0 Å². The number of carbonyl (C=O) groups excluding carboxylic acids is 1. The lowest BCUT2D eigenvalue weighted by Gasteiger charge is -2.32. The maximum absolute atomic E-state index is 12.0. The molecule has 0 radical (unpaired) electrons. The third-order valence-electron chi connectivity index (χ3n) is 4.34. The molecular weight excluding hydrogens is 266 g/mol. The number of amides is 1. The molecule has 21 heavy (non-hydrogen) atoms. The molecule has 1 aliphatic rings. The van der Waals surface area contributed by atoms with E-state index in [1.807, 2.05) is 30.3 Å². The van der Waals surface area contributed by atoms with E-state index in [0.29, 0.717) is 19.4 Å². The van der Waals surface area contributed by atoms with Gasteiger partial charge in [-0.25, -0.2) is 0 Å². The molecule has 4 heteroatoms. The van der Waals surface area contributed by atoms with Gasteiger partial charge in [0.05, 0.1) is 5.41 Å². The third kappa shape index (κ3) is 4.31. The van der Waals surface area contributed by atoms with Crippen LogP contribution in [0.15, 0.2) is 30.3 Å². The van der Waals surface area contributed by atoms with Crippen molar-refractivity contribution in [3.63, 3.8) is 0 Å². The zero-order chi connectivity index (χ0) is 15.1. The number of carboxylic acid groups (broad SMARTS) is 1. The Morgan fingerprint density at radius 3 is 2.38 bits per heavy atom. The van der Waals surface area contributed by atoms with Gasteiger partial charge in [-0.1, -0.05) is 49.6 Å². The molecule has 2 N–H and O–H groups in total. The second-order valence-electron chi connectivity index (χ2n) is 5.91. The van der Waals surface area contributed by atoms with Gasteiger partial charge >= 0.3 is 5.97 Å². The van der Waals surface area contributed by atoms with Gasteiger partial charge in [0.15, 0.2) is 0 Å². The van der Waals surface area contributed by atoms with Crippen molar-refractivity contribution >= 4 is 11.9 Å². The maximum Gasteiger partial charge on any atom is 0.310 e. The number of rotatable bonds is 6. The molecule has 114 valence electrons. The molecule has 1 aromatic carbocycles.